The highest BCUT2D eigenvalue weighted by Crippen LogP contribution is 2.24. The van der Waals surface area contributed by atoms with E-state index in [2.05, 4.69) is 25.5 Å². The second-order valence-corrected chi connectivity index (χ2v) is 9.44. The van der Waals surface area contributed by atoms with Crippen molar-refractivity contribution < 1.29 is 9.59 Å². The van der Waals surface area contributed by atoms with E-state index in [1.54, 1.807) is 30.9 Å². The molecule has 3 amide bonds. The van der Waals surface area contributed by atoms with Gasteiger partial charge in [-0.05, 0) is 63.0 Å². The first-order valence-corrected chi connectivity index (χ1v) is 12.2. The van der Waals surface area contributed by atoms with Gasteiger partial charge in [0.2, 0.25) is 0 Å². The van der Waals surface area contributed by atoms with Crippen molar-refractivity contribution in [3.05, 3.63) is 42.9 Å². The second kappa shape index (κ2) is 9.91. The lowest BCUT2D eigenvalue weighted by Crippen LogP contribution is -2.47. The Kier molecular flexibility index (Phi) is 6.54. The van der Waals surface area contributed by atoms with Crippen LogP contribution in [0.15, 0.2) is 42.9 Å². The quantitative estimate of drug-likeness (QED) is 0.594. The molecular weight excluding hydrogens is 444 g/mol. The monoisotopic (exact) mass is 476 g/mol. The van der Waals surface area contributed by atoms with Crippen LogP contribution < -0.4 is 10.6 Å². The van der Waals surface area contributed by atoms with E-state index < -0.39 is 0 Å². The van der Waals surface area contributed by atoms with Gasteiger partial charge >= 0.3 is 12.1 Å². The van der Waals surface area contributed by atoms with Gasteiger partial charge in [0.05, 0.1) is 5.52 Å². The summed E-state index contributed by atoms with van der Waals surface area (Å²) >= 11 is 0. The number of hydrogen-bond acceptors (Lipinski definition) is 6. The Bertz CT molecular complexity index is 1210. The number of aromatic nitrogens is 3. The summed E-state index contributed by atoms with van der Waals surface area (Å²) in [6, 6.07) is 9.76. The lowest BCUT2D eigenvalue weighted by Gasteiger charge is -2.36. The van der Waals surface area contributed by atoms with Gasteiger partial charge in [0.1, 0.15) is 18.0 Å². The standard InChI is InChI=1S/C25H32N8O2/c1-30(2)25(35)33-14-7-18-15-19(5-6-21(18)33)28-22-16-23(27-17-26-22)29-24(34)32-12-8-20(9-13-32)31-10-3-4-11-31/h5-7,14-17,20H,3-4,8-13H2,1-2H3,(H2,26,27,28,29,34). The van der Waals surface area contributed by atoms with E-state index in [9.17, 15) is 9.59 Å². The van der Waals surface area contributed by atoms with Crippen LogP contribution in [0.4, 0.5) is 26.9 Å². The SMILES string of the molecule is CN(C)C(=O)n1ccc2cc(Nc3cc(NC(=O)N4CCC(N5CCCC5)CC4)ncn3)ccc21. The number of amides is 3. The maximum Gasteiger partial charge on any atom is 0.328 e. The third-order valence-electron chi connectivity index (χ3n) is 6.86. The molecule has 2 fully saturated rings. The van der Waals surface area contributed by atoms with E-state index >= 15 is 0 Å². The predicted octanol–water partition coefficient (Wildman–Crippen LogP) is 3.80. The average Bonchev–Trinajstić information content (AvgIpc) is 3.54. The number of urea groups is 1. The summed E-state index contributed by atoms with van der Waals surface area (Å²) < 4.78 is 1.62. The number of carbonyl (C=O) groups is 2. The number of carbonyl (C=O) groups excluding carboxylic acids is 2. The molecule has 2 aliphatic heterocycles. The summed E-state index contributed by atoms with van der Waals surface area (Å²) in [5, 5.41) is 7.11. The number of rotatable bonds is 4. The summed E-state index contributed by atoms with van der Waals surface area (Å²) in [4.78, 5) is 39.6. The lowest BCUT2D eigenvalue weighted by atomic mass is 10.0. The molecule has 2 aromatic heterocycles. The maximum atomic E-state index is 12.8. The zero-order valence-electron chi connectivity index (χ0n) is 20.3. The van der Waals surface area contributed by atoms with Crippen molar-refractivity contribution in [3.8, 4) is 0 Å². The van der Waals surface area contributed by atoms with Gasteiger partial charge in [0, 0.05) is 56.6 Å². The Morgan fingerprint density at radius 1 is 0.971 bits per heavy atom. The van der Waals surface area contributed by atoms with Gasteiger partial charge in [0.25, 0.3) is 0 Å². The molecule has 2 N–H and O–H groups in total. The summed E-state index contributed by atoms with van der Waals surface area (Å²) in [7, 11) is 3.46. The van der Waals surface area contributed by atoms with Crippen LogP contribution in [0.25, 0.3) is 10.9 Å². The van der Waals surface area contributed by atoms with Crippen LogP contribution in [-0.2, 0) is 0 Å². The highest BCUT2D eigenvalue weighted by molar-refractivity contribution is 5.93. The number of fused-ring (bicyclic) bond motifs is 1. The Balaban J connectivity index is 1.20. The maximum absolute atomic E-state index is 12.8. The zero-order chi connectivity index (χ0) is 24.4. The molecule has 184 valence electrons. The highest BCUT2D eigenvalue weighted by Gasteiger charge is 2.28. The molecule has 35 heavy (non-hydrogen) atoms. The van der Waals surface area contributed by atoms with Gasteiger partial charge in [-0.3, -0.25) is 9.88 Å². The molecule has 0 aliphatic carbocycles. The number of nitrogens with one attached hydrogen (secondary N) is 2. The van der Waals surface area contributed by atoms with E-state index in [0.29, 0.717) is 17.7 Å². The largest absolute Gasteiger partial charge is 0.340 e. The molecule has 4 heterocycles. The molecule has 2 aliphatic rings. The lowest BCUT2D eigenvalue weighted by molar-refractivity contribution is 0.140. The van der Waals surface area contributed by atoms with Crippen LogP contribution in [-0.4, -0.2) is 87.6 Å². The topological polar surface area (TPSA) is 98.6 Å². The van der Waals surface area contributed by atoms with E-state index in [-0.39, 0.29) is 12.1 Å². The molecule has 0 saturated carbocycles. The van der Waals surface area contributed by atoms with Crippen molar-refractivity contribution in [1.29, 1.82) is 0 Å². The minimum absolute atomic E-state index is 0.0998. The van der Waals surface area contributed by atoms with E-state index in [1.165, 1.54) is 37.2 Å². The fourth-order valence-corrected chi connectivity index (χ4v) is 4.97. The molecule has 10 heteroatoms. The van der Waals surface area contributed by atoms with Crippen LogP contribution in [0.5, 0.6) is 0 Å². The number of likely N-dealkylation sites (tertiary alicyclic amines) is 2. The molecule has 1 aromatic carbocycles. The molecule has 2 saturated heterocycles. The number of benzene rings is 1. The first kappa shape index (κ1) is 23.1. The minimum atomic E-state index is -0.122. The molecule has 0 unspecified atom stereocenters. The molecule has 0 atom stereocenters. The Morgan fingerprint density at radius 2 is 1.71 bits per heavy atom. The average molecular weight is 477 g/mol. The van der Waals surface area contributed by atoms with Gasteiger partial charge < -0.3 is 20.0 Å². The van der Waals surface area contributed by atoms with Gasteiger partial charge in [-0.2, -0.15) is 0 Å². The van der Waals surface area contributed by atoms with Crippen molar-refractivity contribution in [1.82, 2.24) is 29.2 Å². The smallest absolute Gasteiger partial charge is 0.328 e. The fraction of sp³-hybridized carbons (Fsp3) is 0.440. The van der Waals surface area contributed by atoms with Gasteiger partial charge in [-0.1, -0.05) is 0 Å². The number of anilines is 3. The second-order valence-electron chi connectivity index (χ2n) is 9.44. The van der Waals surface area contributed by atoms with Crippen LogP contribution in [0.1, 0.15) is 25.7 Å². The first-order chi connectivity index (χ1) is 17.0. The van der Waals surface area contributed by atoms with Crippen LogP contribution >= 0.6 is 0 Å². The van der Waals surface area contributed by atoms with E-state index in [4.69, 9.17) is 0 Å². The summed E-state index contributed by atoms with van der Waals surface area (Å²) in [6.07, 6.45) is 7.83. The summed E-state index contributed by atoms with van der Waals surface area (Å²) in [5.41, 5.74) is 1.66. The molecule has 5 rings (SSSR count). The predicted molar refractivity (Wildman–Crippen MR) is 136 cm³/mol. The normalized spacial score (nSPS) is 17.0. The molecule has 0 spiro atoms. The van der Waals surface area contributed by atoms with Crippen molar-refractivity contribution in [2.75, 3.05) is 50.9 Å². The first-order valence-electron chi connectivity index (χ1n) is 12.2. The van der Waals surface area contributed by atoms with Crippen molar-refractivity contribution in [2.24, 2.45) is 0 Å². The number of piperidine rings is 1. The Hall–Kier alpha value is -3.66. The molecule has 0 radical (unpaired) electrons. The van der Waals surface area contributed by atoms with Gasteiger partial charge in [-0.25, -0.2) is 19.6 Å². The zero-order valence-corrected chi connectivity index (χ0v) is 20.3. The van der Waals surface area contributed by atoms with Crippen LogP contribution in [0, 0.1) is 0 Å². The van der Waals surface area contributed by atoms with Crippen molar-refractivity contribution in [2.45, 2.75) is 31.7 Å². The van der Waals surface area contributed by atoms with Crippen molar-refractivity contribution in [3.63, 3.8) is 0 Å². The fourth-order valence-electron chi connectivity index (χ4n) is 4.97. The minimum Gasteiger partial charge on any atom is -0.340 e. The molecule has 3 aromatic rings. The highest BCUT2D eigenvalue weighted by atomic mass is 16.2. The third kappa shape index (κ3) is 5.07. The van der Waals surface area contributed by atoms with E-state index in [1.807, 2.05) is 29.2 Å². The van der Waals surface area contributed by atoms with Crippen LogP contribution in [0.3, 0.4) is 0 Å². The van der Waals surface area contributed by atoms with Crippen molar-refractivity contribution >= 4 is 40.3 Å². The summed E-state index contributed by atoms with van der Waals surface area (Å²) in [5.74, 6) is 1.03. The Labute approximate surface area is 204 Å². The molecule has 0 bridgehead atoms. The van der Waals surface area contributed by atoms with E-state index in [0.717, 1.165) is 42.5 Å². The summed E-state index contributed by atoms with van der Waals surface area (Å²) in [6.45, 7) is 3.92. The van der Waals surface area contributed by atoms with Gasteiger partial charge in [-0.15, -0.1) is 0 Å². The number of hydrogen-bond donors (Lipinski definition) is 2. The number of nitrogens with zero attached hydrogens (tertiary/aromatic N) is 6. The molecular formula is C25H32N8O2. The Morgan fingerprint density at radius 3 is 2.46 bits per heavy atom. The van der Waals surface area contributed by atoms with Crippen LogP contribution in [0.2, 0.25) is 0 Å². The van der Waals surface area contributed by atoms with Gasteiger partial charge in [0.15, 0.2) is 0 Å². The third-order valence-corrected chi connectivity index (χ3v) is 6.86. The molecule has 10 nitrogen and oxygen atoms in total.